The van der Waals surface area contributed by atoms with Gasteiger partial charge in [0.25, 0.3) is 36.8 Å². The Kier molecular flexibility index (Phi) is 16.0. The van der Waals surface area contributed by atoms with Crippen LogP contribution in [0.2, 0.25) is 0 Å². The highest BCUT2D eigenvalue weighted by molar-refractivity contribution is 7.86. The molecule has 0 fully saturated rings. The zero-order chi connectivity index (χ0) is 46.2. The highest BCUT2D eigenvalue weighted by Gasteiger charge is 2.40. The van der Waals surface area contributed by atoms with Crippen LogP contribution in [-0.4, -0.2) is 100 Å². The quantitative estimate of drug-likeness (QED) is 0.0500. The molecule has 334 valence electrons. The number of nitrogens with zero attached hydrogens (tertiary/aromatic N) is 3. The second kappa shape index (κ2) is 20.1. The minimum atomic E-state index is -4.58. The molecule has 62 heavy (non-hydrogen) atoms. The van der Waals surface area contributed by atoms with E-state index in [4.69, 9.17) is 39.4 Å². The maximum Gasteiger partial charge on any atom is 0.425 e. The lowest BCUT2D eigenvalue weighted by Gasteiger charge is -2.48. The molecule has 2 heterocycles. The Labute approximate surface area is 358 Å². The SMILES string of the molecule is CC1(C)CC(CS(=O)(=O)O)c2cc3nc4ccc(=[N+](Cc5ccc(S(=O)(=O)O)cc5)Cc5ccccc5S(=O)(=O)O)cc-4oc3cc2N1CCCOC=O.O=S(=O)=O.O=S(=O)=O. The molecule has 1 atom stereocenters. The summed E-state index contributed by atoms with van der Waals surface area (Å²) in [5.41, 5.74) is 2.95. The van der Waals surface area contributed by atoms with Crippen LogP contribution >= 0.6 is 0 Å². The van der Waals surface area contributed by atoms with Crippen molar-refractivity contribution in [2.75, 3.05) is 23.8 Å². The van der Waals surface area contributed by atoms with Crippen molar-refractivity contribution in [3.8, 4) is 11.5 Å². The third kappa shape index (κ3) is 13.8. The summed E-state index contributed by atoms with van der Waals surface area (Å²) in [6, 6.07) is 20.2. The maximum atomic E-state index is 12.3. The Morgan fingerprint density at radius 3 is 2.06 bits per heavy atom. The Bertz CT molecular complexity index is 3040. The van der Waals surface area contributed by atoms with Gasteiger partial charge in [-0.15, -0.1) is 25.3 Å². The summed E-state index contributed by atoms with van der Waals surface area (Å²) in [7, 11) is -19.6. The summed E-state index contributed by atoms with van der Waals surface area (Å²) < 4.78 is 165. The van der Waals surface area contributed by atoms with Gasteiger partial charge in [-0.25, -0.2) is 9.56 Å². The number of rotatable bonds is 13. The number of carbonyl (C=O) groups is 1. The number of carbonyl (C=O) groups excluding carboxylic acids is 1. The van der Waals surface area contributed by atoms with Crippen LogP contribution in [-0.2, 0) is 74.2 Å². The fourth-order valence-corrected chi connectivity index (χ4v) is 9.07. The molecule has 3 aromatic rings. The first kappa shape index (κ1) is 49.2. The summed E-state index contributed by atoms with van der Waals surface area (Å²) in [6.07, 6.45) is 0.900. The van der Waals surface area contributed by atoms with Crippen LogP contribution in [0.3, 0.4) is 0 Å². The lowest BCUT2D eigenvalue weighted by Crippen LogP contribution is -2.50. The molecule has 26 heteroatoms. The molecule has 6 rings (SSSR count). The molecule has 3 aliphatic rings. The van der Waals surface area contributed by atoms with Crippen molar-refractivity contribution < 1.29 is 78.1 Å². The minimum Gasteiger partial charge on any atom is -0.468 e. The number of anilines is 1. The molecule has 21 nitrogen and oxygen atoms in total. The molecule has 0 saturated heterocycles. The van der Waals surface area contributed by atoms with E-state index in [2.05, 4.69) is 4.90 Å². The molecule has 0 bridgehead atoms. The van der Waals surface area contributed by atoms with E-state index >= 15 is 0 Å². The van der Waals surface area contributed by atoms with Crippen LogP contribution in [0.15, 0.2) is 93.1 Å². The minimum absolute atomic E-state index is 0.0109. The number of fused-ring (bicyclic) bond motifs is 3. The molecule has 1 unspecified atom stereocenters. The number of hydrogen-bond donors (Lipinski definition) is 3. The van der Waals surface area contributed by atoms with Gasteiger partial charge in [-0.1, -0.05) is 30.3 Å². The van der Waals surface area contributed by atoms with E-state index < -0.39 is 68.8 Å². The van der Waals surface area contributed by atoms with Crippen molar-refractivity contribution in [3.05, 3.63) is 101 Å². The van der Waals surface area contributed by atoms with Gasteiger partial charge in [-0.2, -0.15) is 25.3 Å². The Hall–Kier alpha value is -5.48. The van der Waals surface area contributed by atoms with Gasteiger partial charge in [0.15, 0.2) is 24.4 Å². The third-order valence-corrected chi connectivity index (χ3v) is 12.1. The molecule has 1 aliphatic carbocycles. The number of benzene rings is 4. The van der Waals surface area contributed by atoms with E-state index in [9.17, 15) is 43.7 Å². The first-order chi connectivity index (χ1) is 28.8. The van der Waals surface area contributed by atoms with E-state index in [0.29, 0.717) is 70.6 Å². The summed E-state index contributed by atoms with van der Waals surface area (Å²) in [6.45, 7) is 5.08. The van der Waals surface area contributed by atoms with Crippen molar-refractivity contribution in [3.63, 3.8) is 0 Å². The average Bonchev–Trinajstić information content (AvgIpc) is 3.14. The van der Waals surface area contributed by atoms with Gasteiger partial charge in [-0.3, -0.25) is 18.5 Å². The third-order valence-electron chi connectivity index (χ3n) is 9.41. The van der Waals surface area contributed by atoms with Crippen molar-refractivity contribution in [1.82, 2.24) is 9.56 Å². The second-order valence-corrected chi connectivity index (χ2v) is 19.3. The lowest BCUT2D eigenvalue weighted by molar-refractivity contribution is -0.128. The smallest absolute Gasteiger partial charge is 0.425 e. The molecule has 2 aliphatic heterocycles. The highest BCUT2D eigenvalue weighted by atomic mass is 32.2. The number of ether oxygens (including phenoxy) is 1. The standard InChI is InChI=1S/C36H37N3O12S3.2O3S/c1-36(2)19-26(22-52(41,42)43)29-17-31-34(18-32(29)39(36)14-5-15-50-23-40)51-33-16-27(10-13-30(33)37-31)38(20-24-8-11-28(12-9-24)53(44,45)46)21-25-6-3-4-7-35(25)54(47,48)49;2*1-4(2)3/h3-4,6-13,16-18,23,26H,5,14-15,19-22H2,1-2H3,(H2-,41,42,43,44,45,46,47,48,49);;/p+1. The first-order valence-corrected chi connectivity index (χ1v) is 24.2. The average molecular weight is 961 g/mol. The summed E-state index contributed by atoms with van der Waals surface area (Å²) in [4.78, 5) is 17.1. The summed E-state index contributed by atoms with van der Waals surface area (Å²) in [5, 5.41) is 0.556. The van der Waals surface area contributed by atoms with E-state index in [-0.39, 0.29) is 35.1 Å². The van der Waals surface area contributed by atoms with Crippen LogP contribution in [0.25, 0.3) is 22.6 Å². The Morgan fingerprint density at radius 1 is 0.855 bits per heavy atom. The van der Waals surface area contributed by atoms with Gasteiger partial charge in [0, 0.05) is 46.9 Å². The van der Waals surface area contributed by atoms with Crippen molar-refractivity contribution in [2.45, 2.75) is 61.0 Å². The fraction of sp³-hybridized carbons (Fsp3) is 0.306. The van der Waals surface area contributed by atoms with Crippen molar-refractivity contribution >= 4 is 74.8 Å². The topological polar surface area (TPSA) is 324 Å². The van der Waals surface area contributed by atoms with Crippen LogP contribution in [0.4, 0.5) is 5.69 Å². The fourth-order valence-electron chi connectivity index (χ4n) is 7.07. The molecule has 0 aromatic heterocycles. The zero-order valence-electron chi connectivity index (χ0n) is 32.5. The van der Waals surface area contributed by atoms with E-state index in [0.717, 1.165) is 0 Å². The van der Waals surface area contributed by atoms with Crippen LogP contribution in [0.5, 0.6) is 0 Å². The summed E-state index contributed by atoms with van der Waals surface area (Å²) >= 11 is 0. The first-order valence-electron chi connectivity index (χ1n) is 17.7. The van der Waals surface area contributed by atoms with Gasteiger partial charge in [0.05, 0.1) is 23.3 Å². The monoisotopic (exact) mass is 960 g/mol. The number of hydrogen-bond acceptors (Lipinski definition) is 17. The zero-order valence-corrected chi connectivity index (χ0v) is 36.5. The molecule has 0 spiro atoms. The molecule has 3 N–H and O–H groups in total. The van der Waals surface area contributed by atoms with Crippen molar-refractivity contribution in [2.24, 2.45) is 0 Å². The van der Waals surface area contributed by atoms with Crippen LogP contribution in [0, 0.1) is 0 Å². The van der Waals surface area contributed by atoms with Crippen LogP contribution in [0.1, 0.15) is 49.3 Å². The molecule has 3 aromatic carbocycles. The van der Waals surface area contributed by atoms with E-state index in [1.807, 2.05) is 13.8 Å². The second-order valence-electron chi connectivity index (χ2n) is 14.1. The predicted octanol–water partition coefficient (Wildman–Crippen LogP) is 2.11. The normalized spacial score (nSPS) is 15.2. The Balaban J connectivity index is 0.000000972. The lowest BCUT2D eigenvalue weighted by atomic mass is 9.79. The molecule has 0 amide bonds. The largest absolute Gasteiger partial charge is 0.468 e. The maximum absolute atomic E-state index is 12.3. The highest BCUT2D eigenvalue weighted by Crippen LogP contribution is 2.46. The van der Waals surface area contributed by atoms with Crippen LogP contribution < -0.4 is 14.8 Å². The van der Waals surface area contributed by atoms with E-state index in [1.165, 1.54) is 36.4 Å². The number of aromatic nitrogens is 1. The molecular weight excluding hydrogens is 923 g/mol. The van der Waals surface area contributed by atoms with Gasteiger partial charge in [0.1, 0.15) is 16.1 Å². The molecular formula is C36H38N3O18S5+. The molecule has 0 saturated carbocycles. The van der Waals surface area contributed by atoms with Gasteiger partial charge in [0.2, 0.25) is 5.36 Å². The van der Waals surface area contributed by atoms with Gasteiger partial charge in [-0.05, 0) is 62.6 Å². The van der Waals surface area contributed by atoms with Gasteiger partial charge < -0.3 is 14.1 Å². The Morgan fingerprint density at radius 2 is 1.48 bits per heavy atom. The summed E-state index contributed by atoms with van der Waals surface area (Å²) in [5.74, 6) is -0.687. The van der Waals surface area contributed by atoms with E-state index in [1.54, 1.807) is 47.0 Å². The predicted molar refractivity (Wildman–Crippen MR) is 217 cm³/mol. The van der Waals surface area contributed by atoms with Gasteiger partial charge >= 0.3 is 21.2 Å². The van der Waals surface area contributed by atoms with Crippen molar-refractivity contribution in [1.29, 1.82) is 0 Å². The molecule has 0 radical (unpaired) electrons.